The molecule has 2 aromatic carbocycles. The number of rotatable bonds is 4. The van der Waals surface area contributed by atoms with Crippen LogP contribution in [-0.2, 0) is 6.54 Å². The number of thiophene rings is 1. The van der Waals surface area contributed by atoms with Crippen molar-refractivity contribution in [2.75, 3.05) is 0 Å². The largest absolute Gasteiger partial charge is 0.494 e. The lowest BCUT2D eigenvalue weighted by Gasteiger charge is -2.15. The number of ketones is 1. The average Bonchev–Trinajstić information content (AvgIpc) is 3.08. The number of aromatic hydroxyl groups is 1. The summed E-state index contributed by atoms with van der Waals surface area (Å²) in [6.45, 7) is 1.44. The van der Waals surface area contributed by atoms with Crippen molar-refractivity contribution in [3.8, 4) is 11.9 Å². The second kappa shape index (κ2) is 8.61. The summed E-state index contributed by atoms with van der Waals surface area (Å²) in [5.74, 6) is -1.14. The number of carbonyl (C=O) groups is 1. The number of pyridine rings is 1. The van der Waals surface area contributed by atoms with Gasteiger partial charge < -0.3 is 5.11 Å². The zero-order valence-electron chi connectivity index (χ0n) is 16.4. The van der Waals surface area contributed by atoms with E-state index in [0.29, 0.717) is 20.1 Å². The van der Waals surface area contributed by atoms with Crippen LogP contribution in [0.5, 0.6) is 5.88 Å². The SMILES string of the molecule is Cc1c(C(=O)c2sc3cc(Cl)cc(Cl)c3c2Cl)c(O)n(Cc2ccccc2)c(=O)c1C#N. The molecule has 160 valence electrons. The van der Waals surface area contributed by atoms with Gasteiger partial charge in [-0.2, -0.15) is 5.26 Å². The second-order valence-electron chi connectivity index (χ2n) is 7.02. The van der Waals surface area contributed by atoms with Crippen molar-refractivity contribution < 1.29 is 9.90 Å². The number of fused-ring (bicyclic) bond motifs is 1. The summed E-state index contributed by atoms with van der Waals surface area (Å²) in [4.78, 5) is 26.5. The van der Waals surface area contributed by atoms with Crippen LogP contribution in [0.4, 0.5) is 0 Å². The number of aromatic nitrogens is 1. The molecule has 0 fully saturated rings. The van der Waals surface area contributed by atoms with Crippen LogP contribution in [0.15, 0.2) is 47.3 Å². The summed E-state index contributed by atoms with van der Waals surface area (Å²) in [5.41, 5.74) is -0.257. The number of nitriles is 1. The zero-order chi connectivity index (χ0) is 23.2. The summed E-state index contributed by atoms with van der Waals surface area (Å²) < 4.78 is 1.62. The van der Waals surface area contributed by atoms with Crippen LogP contribution in [0.2, 0.25) is 15.1 Å². The fraction of sp³-hybridized carbons (Fsp3) is 0.0870. The van der Waals surface area contributed by atoms with Crippen LogP contribution >= 0.6 is 46.1 Å². The third-order valence-corrected chi connectivity index (χ3v) is 7.21. The molecule has 0 radical (unpaired) electrons. The highest BCUT2D eigenvalue weighted by atomic mass is 35.5. The van der Waals surface area contributed by atoms with Gasteiger partial charge in [-0.25, -0.2) is 0 Å². The fourth-order valence-electron chi connectivity index (χ4n) is 3.51. The first-order valence-electron chi connectivity index (χ1n) is 9.26. The minimum atomic E-state index is -0.680. The number of nitrogens with zero attached hydrogens (tertiary/aromatic N) is 2. The molecule has 32 heavy (non-hydrogen) atoms. The summed E-state index contributed by atoms with van der Waals surface area (Å²) >= 11 is 19.9. The molecule has 0 spiro atoms. The Kier molecular flexibility index (Phi) is 6.02. The highest BCUT2D eigenvalue weighted by molar-refractivity contribution is 7.22. The Bertz CT molecular complexity index is 1500. The van der Waals surface area contributed by atoms with E-state index in [0.717, 1.165) is 21.5 Å². The Hall–Kier alpha value is -2.82. The van der Waals surface area contributed by atoms with Gasteiger partial charge in [-0.1, -0.05) is 65.1 Å². The van der Waals surface area contributed by atoms with E-state index in [1.54, 1.807) is 30.3 Å². The van der Waals surface area contributed by atoms with Crippen molar-refractivity contribution >= 4 is 62.0 Å². The van der Waals surface area contributed by atoms with Crippen LogP contribution in [0.3, 0.4) is 0 Å². The van der Waals surface area contributed by atoms with Crippen molar-refractivity contribution in [2.24, 2.45) is 0 Å². The number of carbonyl (C=O) groups excluding carboxylic acids is 1. The minimum absolute atomic E-state index is 0.0116. The number of hydrogen-bond donors (Lipinski definition) is 1. The van der Waals surface area contributed by atoms with Gasteiger partial charge in [0, 0.05) is 15.1 Å². The van der Waals surface area contributed by atoms with Crippen LogP contribution in [0.25, 0.3) is 10.1 Å². The molecule has 0 aliphatic carbocycles. The van der Waals surface area contributed by atoms with E-state index >= 15 is 0 Å². The topological polar surface area (TPSA) is 83.1 Å². The van der Waals surface area contributed by atoms with E-state index in [1.165, 1.54) is 13.0 Å². The summed E-state index contributed by atoms with van der Waals surface area (Å²) in [5, 5.41) is 21.8. The summed E-state index contributed by atoms with van der Waals surface area (Å²) in [6, 6.07) is 14.0. The van der Waals surface area contributed by atoms with Gasteiger partial charge in [0.25, 0.3) is 5.56 Å². The smallest absolute Gasteiger partial charge is 0.271 e. The maximum atomic E-state index is 13.5. The molecule has 2 heterocycles. The molecular formula is C23H13Cl3N2O3S. The van der Waals surface area contributed by atoms with Gasteiger partial charge in [-0.15, -0.1) is 11.3 Å². The standard InChI is InChI=1S/C23H13Cl3N2O3S/c1-11-14(9-27)22(30)28(10-12-5-3-2-4-6-12)23(31)17(11)20(29)21-19(26)18-15(25)7-13(24)8-16(18)32-21/h2-8,31H,10H2,1H3. The predicted molar refractivity (Wildman–Crippen MR) is 128 cm³/mol. The number of halogens is 3. The first kappa shape index (κ1) is 22.4. The molecule has 2 aromatic heterocycles. The Morgan fingerprint density at radius 3 is 2.53 bits per heavy atom. The molecule has 1 N–H and O–H groups in total. The first-order valence-corrected chi connectivity index (χ1v) is 11.2. The Morgan fingerprint density at radius 1 is 1.19 bits per heavy atom. The molecular weight excluding hydrogens is 491 g/mol. The minimum Gasteiger partial charge on any atom is -0.494 e. The monoisotopic (exact) mass is 502 g/mol. The molecule has 0 atom stereocenters. The van der Waals surface area contributed by atoms with Gasteiger partial charge in [0.2, 0.25) is 11.7 Å². The molecule has 0 aliphatic heterocycles. The molecule has 5 nitrogen and oxygen atoms in total. The van der Waals surface area contributed by atoms with Gasteiger partial charge in [0.15, 0.2) is 0 Å². The molecule has 0 saturated heterocycles. The molecule has 4 rings (SSSR count). The van der Waals surface area contributed by atoms with Crippen LogP contribution in [0.1, 0.15) is 31.9 Å². The van der Waals surface area contributed by atoms with Crippen molar-refractivity contribution in [1.82, 2.24) is 4.57 Å². The van der Waals surface area contributed by atoms with Crippen LogP contribution in [0, 0.1) is 18.3 Å². The fourth-order valence-corrected chi connectivity index (χ4v) is 5.83. The van der Waals surface area contributed by atoms with Gasteiger partial charge in [-0.05, 0) is 30.2 Å². The quantitative estimate of drug-likeness (QED) is 0.337. The number of benzene rings is 2. The normalized spacial score (nSPS) is 11.0. The van der Waals surface area contributed by atoms with Gasteiger partial charge >= 0.3 is 0 Å². The molecule has 0 unspecified atom stereocenters. The Balaban J connectivity index is 1.95. The Morgan fingerprint density at radius 2 is 1.88 bits per heavy atom. The lowest BCUT2D eigenvalue weighted by atomic mass is 10.0. The maximum absolute atomic E-state index is 13.5. The van der Waals surface area contributed by atoms with E-state index in [1.807, 2.05) is 12.1 Å². The third kappa shape index (κ3) is 3.68. The van der Waals surface area contributed by atoms with E-state index in [-0.39, 0.29) is 33.1 Å². The maximum Gasteiger partial charge on any atom is 0.271 e. The lowest BCUT2D eigenvalue weighted by molar-refractivity contribution is 0.103. The first-order chi connectivity index (χ1) is 15.2. The van der Waals surface area contributed by atoms with E-state index < -0.39 is 17.2 Å². The Labute approximate surface area is 201 Å². The highest BCUT2D eigenvalue weighted by Crippen LogP contribution is 2.43. The van der Waals surface area contributed by atoms with E-state index in [2.05, 4.69) is 0 Å². The number of hydrogen-bond acceptors (Lipinski definition) is 5. The summed E-state index contributed by atoms with van der Waals surface area (Å²) in [7, 11) is 0. The molecule has 4 aromatic rings. The third-order valence-electron chi connectivity index (χ3n) is 5.07. The molecule has 0 aliphatic rings. The highest BCUT2D eigenvalue weighted by Gasteiger charge is 2.28. The second-order valence-corrected chi connectivity index (χ2v) is 9.30. The summed E-state index contributed by atoms with van der Waals surface area (Å²) in [6.07, 6.45) is 0. The zero-order valence-corrected chi connectivity index (χ0v) is 19.5. The van der Waals surface area contributed by atoms with Gasteiger partial charge in [0.1, 0.15) is 11.6 Å². The lowest BCUT2D eigenvalue weighted by Crippen LogP contribution is -2.27. The van der Waals surface area contributed by atoms with Crippen LogP contribution in [-0.4, -0.2) is 15.5 Å². The molecule has 0 saturated carbocycles. The van der Waals surface area contributed by atoms with Crippen molar-refractivity contribution in [3.05, 3.63) is 95.0 Å². The van der Waals surface area contributed by atoms with Gasteiger partial charge in [0.05, 0.1) is 27.0 Å². The van der Waals surface area contributed by atoms with Crippen molar-refractivity contribution in [3.63, 3.8) is 0 Å². The van der Waals surface area contributed by atoms with Crippen LogP contribution < -0.4 is 5.56 Å². The van der Waals surface area contributed by atoms with E-state index in [9.17, 15) is 20.0 Å². The van der Waals surface area contributed by atoms with E-state index in [4.69, 9.17) is 34.8 Å². The van der Waals surface area contributed by atoms with Gasteiger partial charge in [-0.3, -0.25) is 14.2 Å². The van der Waals surface area contributed by atoms with Crippen molar-refractivity contribution in [1.29, 1.82) is 5.26 Å². The predicted octanol–water partition coefficient (Wildman–Crippen LogP) is 6.19. The molecule has 0 amide bonds. The molecule has 9 heteroatoms. The average molecular weight is 504 g/mol. The molecule has 0 bridgehead atoms. The van der Waals surface area contributed by atoms with Crippen molar-refractivity contribution in [2.45, 2.75) is 13.5 Å².